The molecule has 15 heavy (non-hydrogen) atoms. The van der Waals surface area contributed by atoms with Gasteiger partial charge >= 0.3 is 0 Å². The fraction of sp³-hybridized carbons (Fsp3) is 0.273. The first-order valence-corrected chi connectivity index (χ1v) is 4.79. The third kappa shape index (κ3) is 1.43. The molecule has 78 valence electrons. The van der Waals surface area contributed by atoms with E-state index in [2.05, 4.69) is 5.32 Å². The quantitative estimate of drug-likeness (QED) is 0.662. The van der Waals surface area contributed by atoms with E-state index in [1.807, 2.05) is 30.3 Å². The molecule has 0 saturated carbocycles. The fourth-order valence-electron chi connectivity index (χ4n) is 1.92. The third-order valence-corrected chi connectivity index (χ3v) is 2.82. The highest BCUT2D eigenvalue weighted by molar-refractivity contribution is 6.09. The van der Waals surface area contributed by atoms with Crippen molar-refractivity contribution in [1.82, 2.24) is 5.32 Å². The molecule has 0 aromatic heterocycles. The Morgan fingerprint density at radius 2 is 1.93 bits per heavy atom. The monoisotopic (exact) mass is 204 g/mol. The van der Waals surface area contributed by atoms with Crippen molar-refractivity contribution >= 4 is 11.8 Å². The SMILES string of the molecule is NCC1(c2ccccc2)CC(=O)NC1=O. The summed E-state index contributed by atoms with van der Waals surface area (Å²) in [4.78, 5) is 22.9. The van der Waals surface area contributed by atoms with Crippen LogP contribution in [0.3, 0.4) is 0 Å². The molecule has 0 radical (unpaired) electrons. The summed E-state index contributed by atoms with van der Waals surface area (Å²) >= 11 is 0. The molecule has 2 amide bonds. The highest BCUT2D eigenvalue weighted by Gasteiger charge is 2.46. The molecule has 1 heterocycles. The normalized spacial score (nSPS) is 25.4. The summed E-state index contributed by atoms with van der Waals surface area (Å²) in [5, 5.41) is 2.30. The lowest BCUT2D eigenvalue weighted by Crippen LogP contribution is -2.42. The van der Waals surface area contributed by atoms with Crippen molar-refractivity contribution in [3.8, 4) is 0 Å². The molecule has 4 heteroatoms. The molecule has 0 bridgehead atoms. The smallest absolute Gasteiger partial charge is 0.239 e. The first-order valence-electron chi connectivity index (χ1n) is 4.79. The summed E-state index contributed by atoms with van der Waals surface area (Å²) in [5.74, 6) is -0.546. The van der Waals surface area contributed by atoms with Gasteiger partial charge in [0.25, 0.3) is 0 Å². The number of imide groups is 1. The average Bonchev–Trinajstić information content (AvgIpc) is 2.56. The Bertz CT molecular complexity index is 402. The van der Waals surface area contributed by atoms with Crippen LogP contribution < -0.4 is 11.1 Å². The van der Waals surface area contributed by atoms with Crippen LogP contribution in [0.5, 0.6) is 0 Å². The van der Waals surface area contributed by atoms with Gasteiger partial charge in [-0.25, -0.2) is 0 Å². The van der Waals surface area contributed by atoms with Crippen LogP contribution in [0.15, 0.2) is 30.3 Å². The summed E-state index contributed by atoms with van der Waals surface area (Å²) in [6.45, 7) is 0.147. The third-order valence-electron chi connectivity index (χ3n) is 2.82. The number of rotatable bonds is 2. The molecule has 1 saturated heterocycles. The van der Waals surface area contributed by atoms with Gasteiger partial charge in [-0.3, -0.25) is 14.9 Å². The van der Waals surface area contributed by atoms with Gasteiger partial charge in [-0.05, 0) is 5.56 Å². The second-order valence-corrected chi connectivity index (χ2v) is 3.71. The van der Waals surface area contributed by atoms with Gasteiger partial charge in [0.05, 0.1) is 5.41 Å². The van der Waals surface area contributed by atoms with Gasteiger partial charge in [-0.2, -0.15) is 0 Å². The van der Waals surface area contributed by atoms with Crippen molar-refractivity contribution in [2.75, 3.05) is 6.54 Å². The molecule has 1 fully saturated rings. The maximum Gasteiger partial charge on any atom is 0.239 e. The summed E-state index contributed by atoms with van der Waals surface area (Å²) in [6, 6.07) is 9.18. The highest BCUT2D eigenvalue weighted by atomic mass is 16.2. The second-order valence-electron chi connectivity index (χ2n) is 3.71. The van der Waals surface area contributed by atoms with Crippen molar-refractivity contribution < 1.29 is 9.59 Å². The molecule has 1 unspecified atom stereocenters. The molecule has 4 nitrogen and oxygen atoms in total. The van der Waals surface area contributed by atoms with Gasteiger partial charge in [-0.15, -0.1) is 0 Å². The van der Waals surface area contributed by atoms with Gasteiger partial charge in [0.2, 0.25) is 11.8 Å². The van der Waals surface area contributed by atoms with Gasteiger partial charge in [-0.1, -0.05) is 30.3 Å². The van der Waals surface area contributed by atoms with E-state index in [0.717, 1.165) is 5.56 Å². The first kappa shape index (κ1) is 9.86. The molecular formula is C11H12N2O2. The molecule has 1 aromatic rings. The van der Waals surface area contributed by atoms with Crippen LogP contribution in [-0.2, 0) is 15.0 Å². The second kappa shape index (κ2) is 3.47. The van der Waals surface area contributed by atoms with E-state index in [9.17, 15) is 9.59 Å². The van der Waals surface area contributed by atoms with E-state index >= 15 is 0 Å². The number of carbonyl (C=O) groups excluding carboxylic acids is 2. The highest BCUT2D eigenvalue weighted by Crippen LogP contribution is 2.30. The summed E-state index contributed by atoms with van der Waals surface area (Å²) < 4.78 is 0. The van der Waals surface area contributed by atoms with E-state index in [1.54, 1.807) is 0 Å². The lowest BCUT2D eigenvalue weighted by molar-refractivity contribution is -0.126. The number of hydrogen-bond donors (Lipinski definition) is 2. The van der Waals surface area contributed by atoms with Crippen molar-refractivity contribution in [3.05, 3.63) is 35.9 Å². The molecule has 0 spiro atoms. The number of nitrogens with one attached hydrogen (secondary N) is 1. The van der Waals surface area contributed by atoms with Gasteiger partial charge in [0, 0.05) is 13.0 Å². The molecule has 1 aliphatic heterocycles. The van der Waals surface area contributed by atoms with Crippen molar-refractivity contribution in [3.63, 3.8) is 0 Å². The number of carbonyl (C=O) groups is 2. The standard InChI is InChI=1S/C11H12N2O2/c12-7-11(6-9(14)13-10(11)15)8-4-2-1-3-5-8/h1-5H,6-7,12H2,(H,13,14,15). The van der Waals surface area contributed by atoms with Crippen LogP contribution in [0.4, 0.5) is 0 Å². The molecule has 0 aliphatic carbocycles. The Hall–Kier alpha value is -1.68. The fourth-order valence-corrected chi connectivity index (χ4v) is 1.92. The maximum atomic E-state index is 11.7. The largest absolute Gasteiger partial charge is 0.329 e. The van der Waals surface area contributed by atoms with Crippen molar-refractivity contribution in [2.24, 2.45) is 5.73 Å². The van der Waals surface area contributed by atoms with Crippen LogP contribution >= 0.6 is 0 Å². The summed E-state index contributed by atoms with van der Waals surface area (Å²) in [6.07, 6.45) is 0.145. The minimum atomic E-state index is -0.863. The van der Waals surface area contributed by atoms with Crippen LogP contribution in [0, 0.1) is 0 Å². The van der Waals surface area contributed by atoms with Crippen LogP contribution in [-0.4, -0.2) is 18.4 Å². The van der Waals surface area contributed by atoms with Crippen LogP contribution in [0.1, 0.15) is 12.0 Å². The number of benzene rings is 1. The lowest BCUT2D eigenvalue weighted by atomic mass is 9.79. The zero-order valence-electron chi connectivity index (χ0n) is 8.19. The number of hydrogen-bond acceptors (Lipinski definition) is 3. The molecule has 3 N–H and O–H groups in total. The zero-order valence-corrected chi connectivity index (χ0v) is 8.19. The molecular weight excluding hydrogens is 192 g/mol. The minimum Gasteiger partial charge on any atom is -0.329 e. The summed E-state index contributed by atoms with van der Waals surface area (Å²) in [7, 11) is 0. The molecule has 1 aromatic carbocycles. The minimum absolute atomic E-state index is 0.145. The van der Waals surface area contributed by atoms with E-state index < -0.39 is 5.41 Å². The van der Waals surface area contributed by atoms with Crippen LogP contribution in [0.2, 0.25) is 0 Å². The molecule has 1 atom stereocenters. The summed E-state index contributed by atoms with van der Waals surface area (Å²) in [5.41, 5.74) is 5.58. The Morgan fingerprint density at radius 3 is 2.40 bits per heavy atom. The Kier molecular flexibility index (Phi) is 2.28. The Labute approximate surface area is 87.5 Å². The first-order chi connectivity index (χ1) is 7.19. The van der Waals surface area contributed by atoms with Gasteiger partial charge < -0.3 is 5.73 Å². The number of amides is 2. The van der Waals surface area contributed by atoms with Crippen LogP contribution in [0.25, 0.3) is 0 Å². The van der Waals surface area contributed by atoms with E-state index in [0.29, 0.717) is 0 Å². The lowest BCUT2D eigenvalue weighted by Gasteiger charge is -2.23. The predicted octanol–water partition coefficient (Wildman–Crippen LogP) is -0.0704. The van der Waals surface area contributed by atoms with E-state index in [1.165, 1.54) is 0 Å². The molecule has 1 aliphatic rings. The predicted molar refractivity (Wildman–Crippen MR) is 54.9 cm³/mol. The zero-order chi connectivity index (χ0) is 10.9. The maximum absolute atomic E-state index is 11.7. The van der Waals surface area contributed by atoms with Gasteiger partial charge in [0.15, 0.2) is 0 Å². The van der Waals surface area contributed by atoms with Crippen molar-refractivity contribution in [2.45, 2.75) is 11.8 Å². The molecule has 2 rings (SSSR count). The van der Waals surface area contributed by atoms with E-state index in [-0.39, 0.29) is 24.8 Å². The van der Waals surface area contributed by atoms with Gasteiger partial charge in [0.1, 0.15) is 0 Å². The Balaban J connectivity index is 2.47. The van der Waals surface area contributed by atoms with Crippen molar-refractivity contribution in [1.29, 1.82) is 0 Å². The number of nitrogens with two attached hydrogens (primary N) is 1. The average molecular weight is 204 g/mol. The Morgan fingerprint density at radius 1 is 1.27 bits per heavy atom. The topological polar surface area (TPSA) is 72.2 Å². The van der Waals surface area contributed by atoms with E-state index in [4.69, 9.17) is 5.73 Å².